The molecule has 1 aromatic rings. The van der Waals surface area contributed by atoms with Gasteiger partial charge in [0.25, 0.3) is 5.69 Å². The van der Waals surface area contributed by atoms with Crippen molar-refractivity contribution in [3.05, 3.63) is 39.4 Å². The van der Waals surface area contributed by atoms with Crippen LogP contribution in [0.15, 0.2) is 18.2 Å². The second-order valence-electron chi connectivity index (χ2n) is 6.97. The Kier molecular flexibility index (Phi) is 4.10. The molecule has 6 heteroatoms. The van der Waals surface area contributed by atoms with Gasteiger partial charge >= 0.3 is 0 Å². The molecule has 5 atom stereocenters. The van der Waals surface area contributed by atoms with E-state index in [2.05, 4.69) is 5.32 Å². The van der Waals surface area contributed by atoms with Crippen LogP contribution in [-0.4, -0.2) is 16.9 Å². The third-order valence-corrected chi connectivity index (χ3v) is 5.57. The lowest BCUT2D eigenvalue weighted by molar-refractivity contribution is -0.385. The Morgan fingerprint density at radius 2 is 2.09 bits per heavy atom. The first-order valence-corrected chi connectivity index (χ1v) is 8.19. The normalized spacial score (nSPS) is 30.2. The van der Waals surface area contributed by atoms with Crippen molar-refractivity contribution in [3.8, 4) is 0 Å². The first-order valence-electron chi connectivity index (χ1n) is 8.19. The largest absolute Gasteiger partial charge is 0.349 e. The maximum Gasteiger partial charge on any atom is 0.272 e. The molecular weight excluding hydrogens is 294 g/mol. The van der Waals surface area contributed by atoms with Gasteiger partial charge in [-0.25, -0.2) is 0 Å². The van der Waals surface area contributed by atoms with Gasteiger partial charge in [0, 0.05) is 17.7 Å². The summed E-state index contributed by atoms with van der Waals surface area (Å²) in [6.07, 6.45) is 3.28. The zero-order chi connectivity index (χ0) is 16.7. The molecule has 0 spiro atoms. The highest BCUT2D eigenvalue weighted by Crippen LogP contribution is 2.47. The topological polar surface area (TPSA) is 98.3 Å². The zero-order valence-corrected chi connectivity index (χ0v) is 13.5. The molecule has 1 amide bonds. The van der Waals surface area contributed by atoms with Crippen LogP contribution in [0.25, 0.3) is 0 Å². The van der Waals surface area contributed by atoms with E-state index in [1.807, 2.05) is 13.0 Å². The second-order valence-corrected chi connectivity index (χ2v) is 6.97. The molecule has 0 heterocycles. The van der Waals surface area contributed by atoms with Gasteiger partial charge in [-0.2, -0.15) is 0 Å². The summed E-state index contributed by atoms with van der Waals surface area (Å²) in [5.41, 5.74) is 7.66. The fourth-order valence-electron chi connectivity index (χ4n) is 4.21. The molecule has 2 aliphatic carbocycles. The van der Waals surface area contributed by atoms with Crippen molar-refractivity contribution in [3.63, 3.8) is 0 Å². The van der Waals surface area contributed by atoms with E-state index < -0.39 is 0 Å². The number of nitro groups is 1. The molecule has 2 aliphatic rings. The van der Waals surface area contributed by atoms with Crippen LogP contribution >= 0.6 is 0 Å². The summed E-state index contributed by atoms with van der Waals surface area (Å²) in [5.74, 6) is 0.748. The highest BCUT2D eigenvalue weighted by Gasteiger charge is 2.49. The molecule has 2 bridgehead atoms. The molecule has 6 nitrogen and oxygen atoms in total. The number of aryl methyl sites for hydroxylation is 1. The average molecular weight is 317 g/mol. The van der Waals surface area contributed by atoms with E-state index in [1.165, 1.54) is 0 Å². The van der Waals surface area contributed by atoms with Gasteiger partial charge in [-0.1, -0.05) is 12.1 Å². The summed E-state index contributed by atoms with van der Waals surface area (Å²) in [7, 11) is 0. The van der Waals surface area contributed by atoms with Crippen LogP contribution in [0.2, 0.25) is 0 Å². The summed E-state index contributed by atoms with van der Waals surface area (Å²) in [4.78, 5) is 23.3. The van der Waals surface area contributed by atoms with E-state index in [1.54, 1.807) is 19.1 Å². The summed E-state index contributed by atoms with van der Waals surface area (Å²) < 4.78 is 0. The number of fused-ring (bicyclic) bond motifs is 2. The highest BCUT2D eigenvalue weighted by atomic mass is 16.6. The molecule has 2 fully saturated rings. The van der Waals surface area contributed by atoms with E-state index >= 15 is 0 Å². The van der Waals surface area contributed by atoms with Crippen LogP contribution in [0.1, 0.15) is 43.4 Å². The molecule has 5 unspecified atom stereocenters. The quantitative estimate of drug-likeness (QED) is 0.658. The minimum Gasteiger partial charge on any atom is -0.349 e. The third kappa shape index (κ3) is 2.83. The minimum absolute atomic E-state index is 0.0135. The number of nitro benzene ring substituents is 1. The van der Waals surface area contributed by atoms with Crippen molar-refractivity contribution in [2.24, 2.45) is 23.5 Å². The van der Waals surface area contributed by atoms with E-state index in [9.17, 15) is 14.9 Å². The molecule has 0 aromatic heterocycles. The number of nitrogens with one attached hydrogen (secondary N) is 1. The Balaban J connectivity index is 1.72. The lowest BCUT2D eigenvalue weighted by Crippen LogP contribution is -2.45. The lowest BCUT2D eigenvalue weighted by Gasteiger charge is -2.28. The maximum atomic E-state index is 12.6. The predicted octanol–water partition coefficient (Wildman–Crippen LogP) is 2.45. The number of nitrogens with two attached hydrogens (primary N) is 1. The van der Waals surface area contributed by atoms with E-state index in [4.69, 9.17) is 5.73 Å². The van der Waals surface area contributed by atoms with Crippen molar-refractivity contribution in [2.75, 3.05) is 0 Å². The highest BCUT2D eigenvalue weighted by molar-refractivity contribution is 5.81. The molecule has 0 saturated heterocycles. The Bertz CT molecular complexity index is 644. The predicted molar refractivity (Wildman–Crippen MR) is 86.7 cm³/mol. The van der Waals surface area contributed by atoms with Crippen molar-refractivity contribution < 1.29 is 9.72 Å². The SMILES string of the molecule is Cc1ccc(C(C)NC(=O)C2C3CCC(C3)C2N)cc1[N+](=O)[O-]. The minimum atomic E-state index is -0.390. The Hall–Kier alpha value is -1.95. The van der Waals surface area contributed by atoms with Gasteiger partial charge in [-0.05, 0) is 50.5 Å². The monoisotopic (exact) mass is 317 g/mol. The Morgan fingerprint density at radius 3 is 2.70 bits per heavy atom. The average Bonchev–Trinajstić information content (AvgIpc) is 3.07. The van der Waals surface area contributed by atoms with Gasteiger partial charge in [0.15, 0.2) is 0 Å². The smallest absolute Gasteiger partial charge is 0.272 e. The van der Waals surface area contributed by atoms with Crippen LogP contribution < -0.4 is 11.1 Å². The van der Waals surface area contributed by atoms with Crippen molar-refractivity contribution in [2.45, 2.75) is 45.2 Å². The van der Waals surface area contributed by atoms with Gasteiger partial charge in [0.2, 0.25) is 5.91 Å². The van der Waals surface area contributed by atoms with Gasteiger partial charge in [0.05, 0.1) is 16.9 Å². The first kappa shape index (κ1) is 15.9. The summed E-state index contributed by atoms with van der Waals surface area (Å²) in [5, 5.41) is 14.1. The number of hydrogen-bond acceptors (Lipinski definition) is 4. The number of rotatable bonds is 4. The van der Waals surface area contributed by atoms with Crippen LogP contribution in [0.3, 0.4) is 0 Å². The number of hydrogen-bond donors (Lipinski definition) is 2. The van der Waals surface area contributed by atoms with E-state index in [-0.39, 0.29) is 34.5 Å². The number of nitrogens with zero attached hydrogens (tertiary/aromatic N) is 1. The van der Waals surface area contributed by atoms with Crippen molar-refractivity contribution in [1.82, 2.24) is 5.32 Å². The van der Waals surface area contributed by atoms with E-state index in [0.717, 1.165) is 24.8 Å². The molecule has 124 valence electrons. The molecule has 0 aliphatic heterocycles. The van der Waals surface area contributed by atoms with Crippen molar-refractivity contribution in [1.29, 1.82) is 0 Å². The van der Waals surface area contributed by atoms with Crippen LogP contribution in [0.4, 0.5) is 5.69 Å². The summed E-state index contributed by atoms with van der Waals surface area (Å²) >= 11 is 0. The summed E-state index contributed by atoms with van der Waals surface area (Å²) in [6, 6.07) is 4.77. The second kappa shape index (κ2) is 5.92. The number of amides is 1. The Morgan fingerprint density at radius 1 is 1.39 bits per heavy atom. The van der Waals surface area contributed by atoms with E-state index in [0.29, 0.717) is 17.4 Å². The van der Waals surface area contributed by atoms with Crippen LogP contribution in [-0.2, 0) is 4.79 Å². The van der Waals surface area contributed by atoms with Gasteiger partial charge in [0.1, 0.15) is 0 Å². The number of carbonyl (C=O) groups is 1. The number of benzene rings is 1. The molecule has 1 aromatic carbocycles. The molecule has 0 radical (unpaired) electrons. The number of carbonyl (C=O) groups excluding carboxylic acids is 1. The standard InChI is InChI=1S/C17H23N3O3/c1-9-3-4-11(8-14(9)20(22)23)10(2)19-17(21)15-12-5-6-13(7-12)16(15)18/h3-4,8,10,12-13,15-16H,5-7,18H2,1-2H3,(H,19,21). The van der Waals surface area contributed by atoms with Gasteiger partial charge < -0.3 is 11.1 Å². The van der Waals surface area contributed by atoms with Gasteiger partial charge in [-0.15, -0.1) is 0 Å². The first-order chi connectivity index (χ1) is 10.9. The van der Waals surface area contributed by atoms with Crippen molar-refractivity contribution >= 4 is 11.6 Å². The molecular formula is C17H23N3O3. The van der Waals surface area contributed by atoms with Crippen LogP contribution in [0.5, 0.6) is 0 Å². The Labute approximate surface area is 135 Å². The third-order valence-electron chi connectivity index (χ3n) is 5.57. The molecule has 23 heavy (non-hydrogen) atoms. The molecule has 2 saturated carbocycles. The molecule has 3 N–H and O–H groups in total. The fourth-order valence-corrected chi connectivity index (χ4v) is 4.21. The molecule has 3 rings (SSSR count). The summed E-state index contributed by atoms with van der Waals surface area (Å²) in [6.45, 7) is 3.56. The maximum absolute atomic E-state index is 12.6. The van der Waals surface area contributed by atoms with Gasteiger partial charge in [-0.3, -0.25) is 14.9 Å². The lowest BCUT2D eigenvalue weighted by atomic mass is 9.84. The van der Waals surface area contributed by atoms with Crippen LogP contribution in [0, 0.1) is 34.8 Å². The zero-order valence-electron chi connectivity index (χ0n) is 13.5. The fraction of sp³-hybridized carbons (Fsp3) is 0.588.